The molecule has 14 heteroatoms. The number of ether oxygens (including phenoxy) is 4. The molecule has 1 N–H and O–H groups in total. The number of sulfonamides is 1. The minimum absolute atomic E-state index is 0.0221. The summed E-state index contributed by atoms with van der Waals surface area (Å²) in [6, 6.07) is 5.32. The molecule has 1 saturated heterocycles. The molecule has 1 aliphatic heterocycles. The van der Waals surface area contributed by atoms with E-state index >= 15 is 0 Å². The third-order valence-corrected chi connectivity index (χ3v) is 9.31. The summed E-state index contributed by atoms with van der Waals surface area (Å²) >= 11 is 5.92. The topological polar surface area (TPSA) is 140 Å². The number of rotatable bonds is 12. The lowest BCUT2D eigenvalue weighted by atomic mass is 9.76. The Hall–Kier alpha value is -3.00. The van der Waals surface area contributed by atoms with E-state index in [0.717, 1.165) is 12.8 Å². The van der Waals surface area contributed by atoms with Gasteiger partial charge in [-0.1, -0.05) is 31.0 Å². The maximum atomic E-state index is 13.8. The van der Waals surface area contributed by atoms with Crippen molar-refractivity contribution in [2.24, 2.45) is 0 Å². The molecule has 4 rings (SSSR count). The van der Waals surface area contributed by atoms with Gasteiger partial charge >= 0.3 is 0 Å². The Labute approximate surface area is 239 Å². The second-order valence-corrected chi connectivity index (χ2v) is 12.1. The molecule has 218 valence electrons. The minimum atomic E-state index is -4.13. The van der Waals surface area contributed by atoms with E-state index in [1.165, 1.54) is 40.6 Å². The molecule has 0 bridgehead atoms. The zero-order valence-corrected chi connectivity index (χ0v) is 25.0. The average molecular weight is 595 g/mol. The highest BCUT2D eigenvalue weighted by atomic mass is 35.5. The van der Waals surface area contributed by atoms with Crippen molar-refractivity contribution in [1.29, 1.82) is 0 Å². The van der Waals surface area contributed by atoms with Crippen LogP contribution in [0.3, 0.4) is 0 Å². The van der Waals surface area contributed by atoms with Gasteiger partial charge in [-0.15, -0.1) is 10.2 Å². The van der Waals surface area contributed by atoms with Crippen LogP contribution < -0.4 is 14.2 Å². The standard InChI is InChI=1S/C26H35ClN6O6S/c1-7-11-26(12-13-39-17(26)3)24-30-31-25(33(24)21-19(36-4)9-8-10-20(21)37-5)32-40(34,35)16(2)22(38-6)23-28-14-18(27)15-29-23/h8-10,14-17,22H,7,11-13H2,1-6H3,(H,31,32)/t16-,17-,22-,26+/m0/s1. The van der Waals surface area contributed by atoms with Gasteiger partial charge in [0.05, 0.1) is 30.8 Å². The fourth-order valence-electron chi connectivity index (χ4n) is 5.26. The van der Waals surface area contributed by atoms with Crippen molar-refractivity contribution in [2.75, 3.05) is 32.7 Å². The monoisotopic (exact) mass is 594 g/mol. The Kier molecular flexibility index (Phi) is 9.18. The van der Waals surface area contributed by atoms with Gasteiger partial charge in [-0.3, -0.25) is 9.29 Å². The van der Waals surface area contributed by atoms with Crippen LogP contribution in [0.2, 0.25) is 5.02 Å². The molecule has 0 unspecified atom stereocenters. The number of nitrogens with one attached hydrogen (secondary N) is 1. The molecule has 1 aromatic carbocycles. The lowest BCUT2D eigenvalue weighted by Crippen LogP contribution is -2.37. The largest absolute Gasteiger partial charge is 0.494 e. The van der Waals surface area contributed by atoms with Gasteiger partial charge in [-0.25, -0.2) is 18.4 Å². The van der Waals surface area contributed by atoms with Crippen LogP contribution in [-0.2, 0) is 24.9 Å². The first-order chi connectivity index (χ1) is 19.1. The van der Waals surface area contributed by atoms with Crippen LogP contribution in [0.25, 0.3) is 5.69 Å². The van der Waals surface area contributed by atoms with Gasteiger partial charge in [0.15, 0.2) is 5.82 Å². The second kappa shape index (κ2) is 12.2. The number of methoxy groups -OCH3 is 3. The number of para-hydroxylation sites is 1. The average Bonchev–Trinajstić information content (AvgIpc) is 3.52. The lowest BCUT2D eigenvalue weighted by Gasteiger charge is -2.32. The quantitative estimate of drug-likeness (QED) is 0.326. The van der Waals surface area contributed by atoms with Gasteiger partial charge in [0.2, 0.25) is 16.0 Å². The number of hydrogen-bond acceptors (Lipinski definition) is 10. The van der Waals surface area contributed by atoms with E-state index in [1.54, 1.807) is 22.8 Å². The van der Waals surface area contributed by atoms with Crippen molar-refractivity contribution in [3.05, 3.63) is 47.3 Å². The summed E-state index contributed by atoms with van der Waals surface area (Å²) in [7, 11) is 0.330. The summed E-state index contributed by atoms with van der Waals surface area (Å²) in [5, 5.41) is 8.12. The normalized spacial score (nSPS) is 20.7. The molecule has 4 atom stereocenters. The summed E-state index contributed by atoms with van der Waals surface area (Å²) < 4.78 is 54.8. The zero-order valence-electron chi connectivity index (χ0n) is 23.4. The Morgan fingerprint density at radius 2 is 1.82 bits per heavy atom. The van der Waals surface area contributed by atoms with E-state index in [2.05, 4.69) is 31.8 Å². The maximum Gasteiger partial charge on any atom is 0.243 e. The fraction of sp³-hybridized carbons (Fsp3) is 0.538. The van der Waals surface area contributed by atoms with Crippen LogP contribution in [0.15, 0.2) is 30.6 Å². The highest BCUT2D eigenvalue weighted by Crippen LogP contribution is 2.45. The highest BCUT2D eigenvalue weighted by Gasteiger charge is 2.48. The van der Waals surface area contributed by atoms with Crippen molar-refractivity contribution in [3.63, 3.8) is 0 Å². The number of benzene rings is 1. The summed E-state index contributed by atoms with van der Waals surface area (Å²) in [5.74, 6) is 1.62. The molecule has 3 heterocycles. The third-order valence-electron chi connectivity index (χ3n) is 7.42. The van der Waals surface area contributed by atoms with Crippen LogP contribution in [0.4, 0.5) is 5.95 Å². The first-order valence-electron chi connectivity index (χ1n) is 12.9. The van der Waals surface area contributed by atoms with Crippen molar-refractivity contribution in [2.45, 2.75) is 62.9 Å². The number of hydrogen-bond donors (Lipinski definition) is 1. The molecule has 12 nitrogen and oxygen atoms in total. The molecule has 0 aliphatic carbocycles. The van der Waals surface area contributed by atoms with Crippen molar-refractivity contribution < 1.29 is 27.4 Å². The van der Waals surface area contributed by atoms with Crippen LogP contribution in [0, 0.1) is 0 Å². The van der Waals surface area contributed by atoms with Gasteiger partial charge in [0.1, 0.15) is 34.4 Å². The third kappa shape index (κ3) is 5.47. The molecule has 0 amide bonds. The SMILES string of the molecule is CCC[C@@]1(c2nnc(NS(=O)(=O)[C@@H](C)[C@H](OC)c3ncc(Cl)cn3)n2-c2c(OC)cccc2OC)CCO[C@H]1C. The minimum Gasteiger partial charge on any atom is -0.494 e. The van der Waals surface area contributed by atoms with E-state index in [1.807, 2.05) is 6.92 Å². The van der Waals surface area contributed by atoms with Crippen molar-refractivity contribution in [3.8, 4) is 17.2 Å². The van der Waals surface area contributed by atoms with Gasteiger partial charge in [0, 0.05) is 26.1 Å². The smallest absolute Gasteiger partial charge is 0.243 e. The summed E-state index contributed by atoms with van der Waals surface area (Å²) in [6.07, 6.45) is 3.92. The molecule has 0 radical (unpaired) electrons. The fourth-order valence-corrected chi connectivity index (χ4v) is 6.48. The number of nitrogens with zero attached hydrogens (tertiary/aromatic N) is 5. The Morgan fingerprint density at radius 3 is 2.35 bits per heavy atom. The first-order valence-corrected chi connectivity index (χ1v) is 14.9. The molecule has 1 fully saturated rings. The van der Waals surface area contributed by atoms with Crippen LogP contribution >= 0.6 is 11.6 Å². The predicted molar refractivity (Wildman–Crippen MR) is 150 cm³/mol. The molecule has 0 saturated carbocycles. The Balaban J connectivity index is 1.87. The van der Waals surface area contributed by atoms with Gasteiger partial charge in [-0.2, -0.15) is 0 Å². The summed E-state index contributed by atoms with van der Waals surface area (Å²) in [6.45, 7) is 6.14. The Bertz CT molecular complexity index is 1400. The predicted octanol–water partition coefficient (Wildman–Crippen LogP) is 4.09. The molecule has 1 aliphatic rings. The first kappa shape index (κ1) is 30.0. The number of aromatic nitrogens is 5. The molecule has 2 aromatic heterocycles. The van der Waals surface area contributed by atoms with Crippen molar-refractivity contribution >= 4 is 27.6 Å². The van der Waals surface area contributed by atoms with Gasteiger partial charge in [-0.05, 0) is 38.8 Å². The van der Waals surface area contributed by atoms with E-state index in [-0.39, 0.29) is 17.9 Å². The van der Waals surface area contributed by atoms with Crippen molar-refractivity contribution in [1.82, 2.24) is 24.7 Å². The molecule has 3 aromatic rings. The van der Waals surface area contributed by atoms with E-state index in [4.69, 9.17) is 30.5 Å². The number of anilines is 1. The second-order valence-electron chi connectivity index (χ2n) is 9.63. The van der Waals surface area contributed by atoms with Crippen LogP contribution in [0.1, 0.15) is 57.8 Å². The zero-order chi connectivity index (χ0) is 29.1. The summed E-state index contributed by atoms with van der Waals surface area (Å²) in [5.41, 5.74) is -0.0495. The molecule has 0 spiro atoms. The van der Waals surface area contributed by atoms with Crippen LogP contribution in [-0.4, -0.2) is 72.4 Å². The van der Waals surface area contributed by atoms with E-state index < -0.39 is 26.8 Å². The van der Waals surface area contributed by atoms with Gasteiger partial charge < -0.3 is 18.9 Å². The molecular weight excluding hydrogens is 560 g/mol. The van der Waals surface area contributed by atoms with E-state index in [9.17, 15) is 8.42 Å². The van der Waals surface area contributed by atoms with Gasteiger partial charge in [0.25, 0.3) is 0 Å². The molecule has 40 heavy (non-hydrogen) atoms. The highest BCUT2D eigenvalue weighted by molar-refractivity contribution is 7.93. The van der Waals surface area contributed by atoms with E-state index in [0.29, 0.717) is 41.1 Å². The number of halogens is 1. The maximum absolute atomic E-state index is 13.8. The lowest BCUT2D eigenvalue weighted by molar-refractivity contribution is 0.0870. The van der Waals surface area contributed by atoms with Crippen LogP contribution in [0.5, 0.6) is 11.5 Å². The summed E-state index contributed by atoms with van der Waals surface area (Å²) in [4.78, 5) is 8.31. The molecular formula is C26H35ClN6O6S. The Morgan fingerprint density at radius 1 is 1.18 bits per heavy atom.